The SMILES string of the molecule is Cc1csc(C2(O)CCCCC2)n1. The van der Waals surface area contributed by atoms with Gasteiger partial charge in [0.15, 0.2) is 0 Å². The van der Waals surface area contributed by atoms with Gasteiger partial charge in [0, 0.05) is 11.1 Å². The number of aromatic nitrogens is 1. The maximum absolute atomic E-state index is 10.3. The third-order valence-electron chi connectivity index (χ3n) is 2.70. The van der Waals surface area contributed by atoms with Crippen molar-refractivity contribution in [1.82, 2.24) is 4.98 Å². The van der Waals surface area contributed by atoms with Gasteiger partial charge >= 0.3 is 0 Å². The molecule has 1 aromatic heterocycles. The van der Waals surface area contributed by atoms with Crippen molar-refractivity contribution in [3.63, 3.8) is 0 Å². The first kappa shape index (κ1) is 9.16. The van der Waals surface area contributed by atoms with Crippen molar-refractivity contribution in [2.45, 2.75) is 44.6 Å². The number of nitrogens with zero attached hydrogens (tertiary/aromatic N) is 1. The zero-order valence-corrected chi connectivity index (χ0v) is 8.73. The van der Waals surface area contributed by atoms with Crippen molar-refractivity contribution < 1.29 is 5.11 Å². The monoisotopic (exact) mass is 197 g/mol. The van der Waals surface area contributed by atoms with Gasteiger partial charge in [0.2, 0.25) is 0 Å². The van der Waals surface area contributed by atoms with E-state index in [0.717, 1.165) is 36.4 Å². The molecule has 0 atom stereocenters. The molecule has 1 saturated carbocycles. The lowest BCUT2D eigenvalue weighted by atomic mass is 9.85. The van der Waals surface area contributed by atoms with Crippen LogP contribution in [0.15, 0.2) is 5.38 Å². The molecule has 0 aliphatic heterocycles. The van der Waals surface area contributed by atoms with Gasteiger partial charge in [-0.15, -0.1) is 11.3 Å². The molecule has 0 amide bonds. The van der Waals surface area contributed by atoms with E-state index in [1.165, 1.54) is 6.42 Å². The van der Waals surface area contributed by atoms with Gasteiger partial charge in [-0.1, -0.05) is 19.3 Å². The summed E-state index contributed by atoms with van der Waals surface area (Å²) in [5.41, 5.74) is 0.427. The Balaban J connectivity index is 2.22. The van der Waals surface area contributed by atoms with Gasteiger partial charge in [-0.05, 0) is 19.8 Å². The zero-order chi connectivity index (χ0) is 9.31. The van der Waals surface area contributed by atoms with Gasteiger partial charge in [0.25, 0.3) is 0 Å². The highest BCUT2D eigenvalue weighted by molar-refractivity contribution is 7.09. The van der Waals surface area contributed by atoms with Crippen molar-refractivity contribution in [1.29, 1.82) is 0 Å². The highest BCUT2D eigenvalue weighted by Crippen LogP contribution is 2.38. The molecule has 1 aliphatic rings. The predicted octanol–water partition coefficient (Wildman–Crippen LogP) is 2.60. The Hall–Kier alpha value is -0.410. The average Bonchev–Trinajstić information content (AvgIpc) is 2.54. The second-order valence-corrected chi connectivity index (χ2v) is 4.74. The molecule has 13 heavy (non-hydrogen) atoms. The van der Waals surface area contributed by atoms with Crippen LogP contribution in [0.3, 0.4) is 0 Å². The molecule has 1 heterocycles. The molecule has 0 aromatic carbocycles. The minimum Gasteiger partial charge on any atom is -0.383 e. The number of thiazole rings is 1. The molecule has 72 valence electrons. The van der Waals surface area contributed by atoms with E-state index in [1.807, 2.05) is 12.3 Å². The Bertz CT molecular complexity index is 289. The van der Waals surface area contributed by atoms with E-state index in [9.17, 15) is 5.11 Å². The first-order valence-corrected chi connectivity index (χ1v) is 5.74. The second kappa shape index (κ2) is 3.39. The van der Waals surface area contributed by atoms with E-state index in [-0.39, 0.29) is 0 Å². The molecule has 1 fully saturated rings. The molecule has 1 aromatic rings. The number of rotatable bonds is 1. The van der Waals surface area contributed by atoms with E-state index < -0.39 is 5.60 Å². The van der Waals surface area contributed by atoms with Gasteiger partial charge in [0.1, 0.15) is 10.6 Å². The van der Waals surface area contributed by atoms with E-state index in [4.69, 9.17) is 0 Å². The molecule has 2 nitrogen and oxygen atoms in total. The van der Waals surface area contributed by atoms with Crippen LogP contribution in [-0.4, -0.2) is 10.1 Å². The summed E-state index contributed by atoms with van der Waals surface area (Å²) >= 11 is 1.59. The molecule has 1 N–H and O–H groups in total. The lowest BCUT2D eigenvalue weighted by Gasteiger charge is -2.29. The van der Waals surface area contributed by atoms with Crippen molar-refractivity contribution in [3.8, 4) is 0 Å². The Morgan fingerprint density at radius 3 is 2.62 bits per heavy atom. The molecule has 0 saturated heterocycles. The van der Waals surface area contributed by atoms with Crippen LogP contribution < -0.4 is 0 Å². The van der Waals surface area contributed by atoms with Crippen LogP contribution in [0.2, 0.25) is 0 Å². The highest BCUT2D eigenvalue weighted by Gasteiger charge is 2.33. The van der Waals surface area contributed by atoms with Gasteiger partial charge in [-0.2, -0.15) is 0 Å². The minimum atomic E-state index is -0.600. The second-order valence-electron chi connectivity index (χ2n) is 3.89. The fourth-order valence-corrected chi connectivity index (χ4v) is 2.87. The number of aryl methyl sites for hydroxylation is 1. The largest absolute Gasteiger partial charge is 0.383 e. The summed E-state index contributed by atoms with van der Waals surface area (Å²) in [6, 6.07) is 0. The van der Waals surface area contributed by atoms with Crippen molar-refractivity contribution in [2.75, 3.05) is 0 Å². The molecular formula is C10H15NOS. The first-order chi connectivity index (χ1) is 6.21. The number of hydrogen-bond donors (Lipinski definition) is 1. The Morgan fingerprint density at radius 2 is 2.08 bits per heavy atom. The van der Waals surface area contributed by atoms with Crippen LogP contribution in [0.25, 0.3) is 0 Å². The van der Waals surface area contributed by atoms with Crippen LogP contribution in [0, 0.1) is 6.92 Å². The van der Waals surface area contributed by atoms with Crippen LogP contribution in [-0.2, 0) is 5.60 Å². The fourth-order valence-electron chi connectivity index (χ4n) is 1.92. The third kappa shape index (κ3) is 1.76. The van der Waals surface area contributed by atoms with E-state index >= 15 is 0 Å². The Kier molecular flexibility index (Phi) is 2.39. The average molecular weight is 197 g/mol. The Morgan fingerprint density at radius 1 is 1.38 bits per heavy atom. The topological polar surface area (TPSA) is 33.1 Å². The van der Waals surface area contributed by atoms with Gasteiger partial charge in [-0.25, -0.2) is 4.98 Å². The normalized spacial score (nSPS) is 21.7. The molecule has 0 radical (unpaired) electrons. The van der Waals surface area contributed by atoms with E-state index in [1.54, 1.807) is 11.3 Å². The highest BCUT2D eigenvalue weighted by atomic mass is 32.1. The molecule has 3 heteroatoms. The molecular weight excluding hydrogens is 182 g/mol. The maximum Gasteiger partial charge on any atom is 0.125 e. The third-order valence-corrected chi connectivity index (χ3v) is 3.85. The van der Waals surface area contributed by atoms with Crippen molar-refractivity contribution in [3.05, 3.63) is 16.1 Å². The lowest BCUT2D eigenvalue weighted by Crippen LogP contribution is -2.28. The Labute approximate surface area is 82.6 Å². The van der Waals surface area contributed by atoms with Gasteiger partial charge < -0.3 is 5.11 Å². The molecule has 0 unspecified atom stereocenters. The quantitative estimate of drug-likeness (QED) is 0.750. The number of aliphatic hydroxyl groups is 1. The van der Waals surface area contributed by atoms with E-state index in [0.29, 0.717) is 0 Å². The maximum atomic E-state index is 10.3. The smallest absolute Gasteiger partial charge is 0.125 e. The van der Waals surface area contributed by atoms with Crippen molar-refractivity contribution >= 4 is 11.3 Å². The summed E-state index contributed by atoms with van der Waals surface area (Å²) in [4.78, 5) is 4.37. The lowest BCUT2D eigenvalue weighted by molar-refractivity contribution is -0.000893. The first-order valence-electron chi connectivity index (χ1n) is 4.86. The van der Waals surface area contributed by atoms with Crippen LogP contribution in [0.4, 0.5) is 0 Å². The predicted molar refractivity (Wildman–Crippen MR) is 53.8 cm³/mol. The summed E-state index contributed by atoms with van der Waals surface area (Å²) in [6.45, 7) is 1.98. The fraction of sp³-hybridized carbons (Fsp3) is 0.700. The standard InChI is InChI=1S/C10H15NOS/c1-8-7-13-9(11-8)10(12)5-3-2-4-6-10/h7,12H,2-6H2,1H3. The summed E-state index contributed by atoms with van der Waals surface area (Å²) in [6.07, 6.45) is 5.30. The molecule has 2 rings (SSSR count). The van der Waals surface area contributed by atoms with Crippen LogP contribution in [0.1, 0.15) is 42.8 Å². The molecule has 0 spiro atoms. The summed E-state index contributed by atoms with van der Waals surface area (Å²) in [7, 11) is 0. The molecule has 0 bridgehead atoms. The van der Waals surface area contributed by atoms with E-state index in [2.05, 4.69) is 4.98 Å². The van der Waals surface area contributed by atoms with Crippen molar-refractivity contribution in [2.24, 2.45) is 0 Å². The minimum absolute atomic E-state index is 0.600. The van der Waals surface area contributed by atoms with Crippen LogP contribution in [0.5, 0.6) is 0 Å². The summed E-state index contributed by atoms with van der Waals surface area (Å²) in [5.74, 6) is 0. The number of hydrogen-bond acceptors (Lipinski definition) is 3. The summed E-state index contributed by atoms with van der Waals surface area (Å²) in [5, 5.41) is 13.2. The zero-order valence-electron chi connectivity index (χ0n) is 7.92. The van der Waals surface area contributed by atoms with Gasteiger partial charge in [0.05, 0.1) is 0 Å². The van der Waals surface area contributed by atoms with Crippen LogP contribution >= 0.6 is 11.3 Å². The molecule has 1 aliphatic carbocycles. The van der Waals surface area contributed by atoms with Gasteiger partial charge in [-0.3, -0.25) is 0 Å². The summed E-state index contributed by atoms with van der Waals surface area (Å²) < 4.78 is 0.